The molecule has 1 fully saturated rings. The third-order valence-corrected chi connectivity index (χ3v) is 7.63. The van der Waals surface area contributed by atoms with Crippen LogP contribution in [-0.2, 0) is 11.3 Å². The average Bonchev–Trinajstić information content (AvgIpc) is 3.27. The Bertz CT molecular complexity index is 1150. The van der Waals surface area contributed by atoms with Crippen molar-refractivity contribution >= 4 is 23.5 Å². The minimum absolute atomic E-state index is 0.272. The van der Waals surface area contributed by atoms with Crippen molar-refractivity contribution in [2.24, 2.45) is 10.9 Å². The molecule has 2 aromatic rings. The molecule has 1 amide bonds. The Balaban J connectivity index is 1.43. The van der Waals surface area contributed by atoms with Crippen LogP contribution >= 0.6 is 11.6 Å². The Kier molecular flexibility index (Phi) is 6.82. The maximum Gasteiger partial charge on any atom is 0.410 e. The number of carbonyl (C=O) groups is 1. The van der Waals surface area contributed by atoms with Gasteiger partial charge in [0.05, 0.1) is 24.9 Å². The maximum atomic E-state index is 12.8. The van der Waals surface area contributed by atoms with Crippen LogP contribution in [0.5, 0.6) is 0 Å². The molecule has 35 heavy (non-hydrogen) atoms. The molecule has 2 unspecified atom stereocenters. The second kappa shape index (κ2) is 10.0. The van der Waals surface area contributed by atoms with Crippen LogP contribution in [0.15, 0.2) is 35.3 Å². The van der Waals surface area contributed by atoms with Crippen molar-refractivity contribution in [2.75, 3.05) is 26.2 Å². The lowest BCUT2D eigenvalue weighted by Gasteiger charge is -2.34. The Morgan fingerprint density at radius 3 is 2.63 bits per heavy atom. The number of hydrogen-bond acceptors (Lipinski definition) is 6. The van der Waals surface area contributed by atoms with Gasteiger partial charge in [0.1, 0.15) is 11.7 Å². The second-order valence-corrected chi connectivity index (χ2v) is 9.95. The molecule has 2 atom stereocenters. The standard InChI is InChI=1S/C26H33ClN6O2/c1-4-18-6-9-23(28-15-18)31-12-10-19(11-13-31)25-30-29-24-17(3)32(26(34)35-5-2)16-20-14-21(27)7-8-22(20)33(24)25/h6-9,14,17-19H,4-5,10-13,15-16H2,1-3H3. The number of hydrogen-bond donors (Lipinski definition) is 0. The van der Waals surface area contributed by atoms with E-state index in [1.165, 1.54) is 0 Å². The first-order chi connectivity index (χ1) is 17.0. The summed E-state index contributed by atoms with van der Waals surface area (Å²) in [4.78, 5) is 21.7. The van der Waals surface area contributed by atoms with E-state index >= 15 is 0 Å². The number of aromatic nitrogens is 3. The van der Waals surface area contributed by atoms with Crippen LogP contribution < -0.4 is 0 Å². The molecule has 1 saturated heterocycles. The largest absolute Gasteiger partial charge is 0.450 e. The molecule has 0 aliphatic carbocycles. The lowest BCUT2D eigenvalue weighted by atomic mass is 9.95. The number of ether oxygens (including phenoxy) is 1. The highest BCUT2D eigenvalue weighted by molar-refractivity contribution is 6.30. The molecule has 0 bridgehead atoms. The fraction of sp³-hybridized carbons (Fsp3) is 0.538. The highest BCUT2D eigenvalue weighted by atomic mass is 35.5. The lowest BCUT2D eigenvalue weighted by molar-refractivity contribution is 0.0888. The van der Waals surface area contributed by atoms with E-state index in [0.717, 1.165) is 67.6 Å². The molecular weight excluding hydrogens is 464 g/mol. The Morgan fingerprint density at radius 1 is 1.17 bits per heavy atom. The summed E-state index contributed by atoms with van der Waals surface area (Å²) in [5, 5.41) is 9.90. The van der Waals surface area contributed by atoms with Gasteiger partial charge in [-0.05, 0) is 68.9 Å². The average molecular weight is 497 g/mol. The third-order valence-electron chi connectivity index (χ3n) is 7.39. The first-order valence-electron chi connectivity index (χ1n) is 12.6. The van der Waals surface area contributed by atoms with Gasteiger partial charge in [0, 0.05) is 30.6 Å². The molecule has 186 valence electrons. The van der Waals surface area contributed by atoms with E-state index in [1.807, 2.05) is 32.0 Å². The van der Waals surface area contributed by atoms with Gasteiger partial charge in [-0.15, -0.1) is 10.2 Å². The normalized spacial score (nSPS) is 22.3. The summed E-state index contributed by atoms with van der Waals surface area (Å²) in [6, 6.07) is 5.54. The molecule has 8 nitrogen and oxygen atoms in total. The number of aliphatic imine (C=N–C) groups is 1. The van der Waals surface area contributed by atoms with Gasteiger partial charge in [-0.25, -0.2) is 4.79 Å². The number of benzene rings is 1. The van der Waals surface area contributed by atoms with Gasteiger partial charge in [0.25, 0.3) is 0 Å². The lowest BCUT2D eigenvalue weighted by Crippen LogP contribution is -2.38. The molecule has 0 spiro atoms. The Hall–Kier alpha value is -2.87. The number of piperidine rings is 1. The fourth-order valence-corrected chi connectivity index (χ4v) is 5.46. The van der Waals surface area contributed by atoms with Gasteiger partial charge in [-0.3, -0.25) is 14.5 Å². The van der Waals surface area contributed by atoms with E-state index in [4.69, 9.17) is 21.3 Å². The van der Waals surface area contributed by atoms with E-state index in [2.05, 4.69) is 38.7 Å². The monoisotopic (exact) mass is 496 g/mol. The van der Waals surface area contributed by atoms with Crippen LogP contribution in [0.4, 0.5) is 4.79 Å². The molecule has 1 aromatic heterocycles. The number of amides is 1. The first kappa shape index (κ1) is 23.9. The van der Waals surface area contributed by atoms with Crippen LogP contribution in [0, 0.1) is 5.92 Å². The van der Waals surface area contributed by atoms with Crippen molar-refractivity contribution in [3.63, 3.8) is 0 Å². The minimum Gasteiger partial charge on any atom is -0.450 e. The van der Waals surface area contributed by atoms with Gasteiger partial charge < -0.3 is 9.64 Å². The van der Waals surface area contributed by atoms with E-state index in [0.29, 0.717) is 24.1 Å². The Labute approximate surface area is 211 Å². The molecule has 0 saturated carbocycles. The molecule has 4 heterocycles. The zero-order valence-corrected chi connectivity index (χ0v) is 21.4. The second-order valence-electron chi connectivity index (χ2n) is 9.52. The summed E-state index contributed by atoms with van der Waals surface area (Å²) in [7, 11) is 0. The van der Waals surface area contributed by atoms with E-state index in [9.17, 15) is 4.79 Å². The van der Waals surface area contributed by atoms with Crippen LogP contribution in [0.25, 0.3) is 5.69 Å². The van der Waals surface area contributed by atoms with Gasteiger partial charge >= 0.3 is 6.09 Å². The summed E-state index contributed by atoms with van der Waals surface area (Å²) >= 11 is 6.35. The molecule has 9 heteroatoms. The number of rotatable bonds is 3. The highest BCUT2D eigenvalue weighted by Gasteiger charge is 2.35. The number of dihydropyridines is 1. The molecule has 3 aliphatic heterocycles. The molecule has 3 aliphatic rings. The summed E-state index contributed by atoms with van der Waals surface area (Å²) in [6.45, 7) is 9.48. The van der Waals surface area contributed by atoms with Crippen LogP contribution in [0.3, 0.4) is 0 Å². The number of likely N-dealkylation sites (tertiary alicyclic amines) is 1. The zero-order chi connectivity index (χ0) is 24.5. The summed E-state index contributed by atoms with van der Waals surface area (Å²) < 4.78 is 7.50. The van der Waals surface area contributed by atoms with Crippen molar-refractivity contribution in [2.45, 2.75) is 58.5 Å². The van der Waals surface area contributed by atoms with Crippen LogP contribution in [-0.4, -0.2) is 62.7 Å². The summed E-state index contributed by atoms with van der Waals surface area (Å²) in [5.41, 5.74) is 1.94. The summed E-state index contributed by atoms with van der Waals surface area (Å²) in [6.07, 6.45) is 7.20. The summed E-state index contributed by atoms with van der Waals surface area (Å²) in [5.74, 6) is 3.64. The SMILES string of the molecule is CCOC(=O)N1Cc2cc(Cl)ccc2-n2c(C3CCN(C4=NCC(CC)C=C4)CC3)nnc2C1C. The first-order valence-corrected chi connectivity index (χ1v) is 13.0. The highest BCUT2D eigenvalue weighted by Crippen LogP contribution is 2.37. The topological polar surface area (TPSA) is 75.8 Å². The smallest absolute Gasteiger partial charge is 0.410 e. The molecule has 0 radical (unpaired) electrons. The number of nitrogens with zero attached hydrogens (tertiary/aromatic N) is 6. The van der Waals surface area contributed by atoms with Gasteiger partial charge in [-0.2, -0.15) is 0 Å². The molecule has 1 aromatic carbocycles. The van der Waals surface area contributed by atoms with Crippen LogP contribution in [0.2, 0.25) is 5.02 Å². The van der Waals surface area contributed by atoms with Crippen LogP contribution in [0.1, 0.15) is 69.2 Å². The van der Waals surface area contributed by atoms with Gasteiger partial charge in [-0.1, -0.05) is 24.6 Å². The third kappa shape index (κ3) is 4.56. The predicted molar refractivity (Wildman–Crippen MR) is 136 cm³/mol. The number of halogens is 1. The zero-order valence-electron chi connectivity index (χ0n) is 20.7. The van der Waals surface area contributed by atoms with Crippen molar-refractivity contribution in [1.29, 1.82) is 0 Å². The molecule has 5 rings (SSSR count). The Morgan fingerprint density at radius 2 is 1.94 bits per heavy atom. The van der Waals surface area contributed by atoms with E-state index < -0.39 is 0 Å². The van der Waals surface area contributed by atoms with Crippen molar-refractivity contribution in [1.82, 2.24) is 24.6 Å². The van der Waals surface area contributed by atoms with E-state index in [-0.39, 0.29) is 18.1 Å². The van der Waals surface area contributed by atoms with Gasteiger partial charge in [0.2, 0.25) is 0 Å². The molecular formula is C26H33ClN6O2. The number of fused-ring (bicyclic) bond motifs is 3. The van der Waals surface area contributed by atoms with Crippen molar-refractivity contribution < 1.29 is 9.53 Å². The fourth-order valence-electron chi connectivity index (χ4n) is 5.26. The van der Waals surface area contributed by atoms with Crippen molar-refractivity contribution in [3.05, 3.63) is 52.6 Å². The van der Waals surface area contributed by atoms with Crippen molar-refractivity contribution in [3.8, 4) is 5.69 Å². The quantitative estimate of drug-likeness (QED) is 0.589. The number of amidine groups is 1. The predicted octanol–water partition coefficient (Wildman–Crippen LogP) is 5.13. The maximum absolute atomic E-state index is 12.8. The van der Waals surface area contributed by atoms with E-state index in [1.54, 1.807) is 4.90 Å². The number of carbonyl (C=O) groups excluding carboxylic acids is 1. The molecule has 0 N–H and O–H groups in total. The minimum atomic E-state index is -0.358. The van der Waals surface area contributed by atoms with Gasteiger partial charge in [0.15, 0.2) is 5.82 Å².